The zero-order valence-electron chi connectivity index (χ0n) is 10.4. The van der Waals surface area contributed by atoms with Gasteiger partial charge in [0.2, 0.25) is 5.91 Å². The van der Waals surface area contributed by atoms with Gasteiger partial charge in [-0.25, -0.2) is 8.78 Å². The smallest absolute Gasteiger partial charge is 0.239 e. The molecule has 0 atom stereocenters. The van der Waals surface area contributed by atoms with Crippen LogP contribution >= 0.6 is 15.9 Å². The van der Waals surface area contributed by atoms with Gasteiger partial charge in [0.15, 0.2) is 0 Å². The molecule has 1 aromatic rings. The van der Waals surface area contributed by atoms with Crippen LogP contribution in [0.3, 0.4) is 0 Å². The Labute approximate surface area is 113 Å². The van der Waals surface area contributed by atoms with E-state index in [4.69, 9.17) is 0 Å². The standard InChI is InChI=1S/C12H15BrF2N2O/c1-12(2,3)17-10(18)6-16-11-8(14)4-7(13)5-9(11)15/h4-5,16H,6H2,1-3H3,(H,17,18). The number of hydrogen-bond acceptors (Lipinski definition) is 2. The fourth-order valence-corrected chi connectivity index (χ4v) is 1.74. The summed E-state index contributed by atoms with van der Waals surface area (Å²) in [5, 5.41) is 5.13. The number of hydrogen-bond donors (Lipinski definition) is 2. The largest absolute Gasteiger partial charge is 0.371 e. The summed E-state index contributed by atoms with van der Waals surface area (Å²) in [4.78, 5) is 11.5. The lowest BCUT2D eigenvalue weighted by molar-refractivity contribution is -0.120. The van der Waals surface area contributed by atoms with Crippen LogP contribution in [-0.4, -0.2) is 18.0 Å². The van der Waals surface area contributed by atoms with E-state index in [-0.39, 0.29) is 23.7 Å². The van der Waals surface area contributed by atoms with Crippen LogP contribution in [0.4, 0.5) is 14.5 Å². The Bertz CT molecular complexity index is 435. The van der Waals surface area contributed by atoms with Crippen LogP contribution in [0.25, 0.3) is 0 Å². The summed E-state index contributed by atoms with van der Waals surface area (Å²) < 4.78 is 27.2. The monoisotopic (exact) mass is 320 g/mol. The molecule has 0 radical (unpaired) electrons. The highest BCUT2D eigenvalue weighted by atomic mass is 79.9. The van der Waals surface area contributed by atoms with Crippen molar-refractivity contribution in [2.75, 3.05) is 11.9 Å². The van der Waals surface area contributed by atoms with Crippen molar-refractivity contribution in [3.05, 3.63) is 28.2 Å². The maximum absolute atomic E-state index is 13.4. The van der Waals surface area contributed by atoms with Crippen LogP contribution in [-0.2, 0) is 4.79 Å². The number of anilines is 1. The molecule has 6 heteroatoms. The second kappa shape index (κ2) is 5.65. The highest BCUT2D eigenvalue weighted by Gasteiger charge is 2.15. The molecule has 0 unspecified atom stereocenters. The number of rotatable bonds is 3. The van der Waals surface area contributed by atoms with Crippen molar-refractivity contribution in [3.63, 3.8) is 0 Å². The molecular formula is C12H15BrF2N2O. The van der Waals surface area contributed by atoms with Crippen LogP contribution in [0.15, 0.2) is 16.6 Å². The van der Waals surface area contributed by atoms with Gasteiger partial charge < -0.3 is 10.6 Å². The number of halogens is 3. The van der Waals surface area contributed by atoms with Crippen LogP contribution < -0.4 is 10.6 Å². The predicted molar refractivity (Wildman–Crippen MR) is 70.4 cm³/mol. The molecule has 2 N–H and O–H groups in total. The Hall–Kier alpha value is -1.17. The summed E-state index contributed by atoms with van der Waals surface area (Å²) in [5.41, 5.74) is -0.683. The molecule has 0 fully saturated rings. The minimum atomic E-state index is -0.745. The first kappa shape index (κ1) is 14.9. The molecule has 0 aromatic heterocycles. The van der Waals surface area contributed by atoms with E-state index in [0.29, 0.717) is 4.47 Å². The third kappa shape index (κ3) is 4.60. The zero-order valence-corrected chi connectivity index (χ0v) is 12.0. The van der Waals surface area contributed by atoms with Gasteiger partial charge in [0, 0.05) is 10.0 Å². The Balaban J connectivity index is 2.67. The minimum Gasteiger partial charge on any atom is -0.371 e. The first-order valence-electron chi connectivity index (χ1n) is 5.38. The van der Waals surface area contributed by atoms with E-state index in [1.54, 1.807) is 0 Å². The molecule has 1 aromatic carbocycles. The molecule has 18 heavy (non-hydrogen) atoms. The number of nitrogens with one attached hydrogen (secondary N) is 2. The van der Waals surface area contributed by atoms with Gasteiger partial charge in [-0.1, -0.05) is 15.9 Å². The summed E-state index contributed by atoms with van der Waals surface area (Å²) in [7, 11) is 0. The van der Waals surface area contributed by atoms with Crippen molar-refractivity contribution >= 4 is 27.5 Å². The quantitative estimate of drug-likeness (QED) is 0.898. The van der Waals surface area contributed by atoms with Gasteiger partial charge in [-0.05, 0) is 32.9 Å². The number of carbonyl (C=O) groups is 1. The molecule has 0 saturated heterocycles. The second-order valence-corrected chi connectivity index (χ2v) is 5.81. The van der Waals surface area contributed by atoms with Crippen LogP contribution in [0.5, 0.6) is 0 Å². The van der Waals surface area contributed by atoms with Gasteiger partial charge in [0.1, 0.15) is 17.3 Å². The molecule has 0 aliphatic rings. The Morgan fingerprint density at radius 1 is 1.28 bits per heavy atom. The van der Waals surface area contributed by atoms with Crippen LogP contribution in [0.1, 0.15) is 20.8 Å². The summed E-state index contributed by atoms with van der Waals surface area (Å²) in [6.07, 6.45) is 0. The fraction of sp³-hybridized carbons (Fsp3) is 0.417. The second-order valence-electron chi connectivity index (χ2n) is 4.90. The van der Waals surface area contributed by atoms with Crippen molar-refractivity contribution in [2.24, 2.45) is 0 Å². The lowest BCUT2D eigenvalue weighted by Crippen LogP contribution is -2.43. The van der Waals surface area contributed by atoms with E-state index in [1.807, 2.05) is 20.8 Å². The van der Waals surface area contributed by atoms with E-state index >= 15 is 0 Å². The zero-order chi connectivity index (χ0) is 13.9. The van der Waals surface area contributed by atoms with E-state index in [1.165, 1.54) is 0 Å². The first-order chi connectivity index (χ1) is 8.19. The third-order valence-corrected chi connectivity index (χ3v) is 2.40. The lowest BCUT2D eigenvalue weighted by atomic mass is 10.1. The summed E-state index contributed by atoms with van der Waals surface area (Å²) in [5.74, 6) is -1.82. The number of benzene rings is 1. The van der Waals surface area contributed by atoms with Gasteiger partial charge in [-0.2, -0.15) is 0 Å². The minimum absolute atomic E-state index is 0.188. The van der Waals surface area contributed by atoms with Crippen molar-refractivity contribution in [2.45, 2.75) is 26.3 Å². The maximum Gasteiger partial charge on any atom is 0.239 e. The summed E-state index contributed by atoms with van der Waals surface area (Å²) >= 11 is 2.98. The predicted octanol–water partition coefficient (Wildman–Crippen LogP) is 3.05. The molecule has 1 rings (SSSR count). The van der Waals surface area contributed by atoms with E-state index < -0.39 is 11.6 Å². The van der Waals surface area contributed by atoms with Gasteiger partial charge >= 0.3 is 0 Å². The topological polar surface area (TPSA) is 41.1 Å². The fourth-order valence-electron chi connectivity index (χ4n) is 1.34. The average Bonchev–Trinajstić information content (AvgIpc) is 2.12. The normalized spacial score (nSPS) is 11.2. The Kier molecular flexibility index (Phi) is 4.67. The van der Waals surface area contributed by atoms with Gasteiger partial charge in [0.05, 0.1) is 6.54 Å². The summed E-state index contributed by atoms with van der Waals surface area (Å²) in [6, 6.07) is 2.26. The molecule has 0 spiro atoms. The van der Waals surface area contributed by atoms with Gasteiger partial charge in [0.25, 0.3) is 0 Å². The lowest BCUT2D eigenvalue weighted by Gasteiger charge is -2.20. The van der Waals surface area contributed by atoms with Crippen LogP contribution in [0, 0.1) is 11.6 Å². The maximum atomic E-state index is 13.4. The SMILES string of the molecule is CC(C)(C)NC(=O)CNc1c(F)cc(Br)cc1F. The number of amides is 1. The third-order valence-electron chi connectivity index (χ3n) is 1.95. The Morgan fingerprint density at radius 2 is 1.78 bits per heavy atom. The molecule has 0 aliphatic carbocycles. The first-order valence-corrected chi connectivity index (χ1v) is 6.18. The Morgan fingerprint density at radius 3 is 2.22 bits per heavy atom. The molecule has 100 valence electrons. The molecule has 0 saturated carbocycles. The van der Waals surface area contributed by atoms with Crippen molar-refractivity contribution in [1.82, 2.24) is 5.32 Å². The highest BCUT2D eigenvalue weighted by Crippen LogP contribution is 2.23. The number of carbonyl (C=O) groups excluding carboxylic acids is 1. The van der Waals surface area contributed by atoms with E-state index in [2.05, 4.69) is 26.6 Å². The van der Waals surface area contributed by atoms with Crippen LogP contribution in [0.2, 0.25) is 0 Å². The van der Waals surface area contributed by atoms with Gasteiger partial charge in [-0.15, -0.1) is 0 Å². The van der Waals surface area contributed by atoms with E-state index in [0.717, 1.165) is 12.1 Å². The van der Waals surface area contributed by atoms with Crippen molar-refractivity contribution < 1.29 is 13.6 Å². The highest BCUT2D eigenvalue weighted by molar-refractivity contribution is 9.10. The molecule has 0 heterocycles. The molecule has 3 nitrogen and oxygen atoms in total. The van der Waals surface area contributed by atoms with Crippen molar-refractivity contribution in [3.8, 4) is 0 Å². The van der Waals surface area contributed by atoms with Crippen molar-refractivity contribution in [1.29, 1.82) is 0 Å². The average molecular weight is 321 g/mol. The molecule has 0 bridgehead atoms. The molecule has 1 amide bonds. The molecular weight excluding hydrogens is 306 g/mol. The summed E-state index contributed by atoms with van der Waals surface area (Å²) in [6.45, 7) is 5.29. The van der Waals surface area contributed by atoms with Gasteiger partial charge in [-0.3, -0.25) is 4.79 Å². The van der Waals surface area contributed by atoms with E-state index in [9.17, 15) is 13.6 Å². The molecule has 0 aliphatic heterocycles.